The minimum Gasteiger partial charge on any atom is -0.320 e. The highest BCUT2D eigenvalue weighted by molar-refractivity contribution is 7.53. The summed E-state index contributed by atoms with van der Waals surface area (Å²) in [6.07, 6.45) is 28.4. The van der Waals surface area contributed by atoms with Crippen molar-refractivity contribution in [2.24, 2.45) is 0 Å². The Hall–Kier alpha value is -0.150. The Labute approximate surface area is 207 Å². The van der Waals surface area contributed by atoms with Crippen LogP contribution in [-0.2, 0) is 9.09 Å². The van der Waals surface area contributed by atoms with Crippen LogP contribution in [0.1, 0.15) is 136 Å². The van der Waals surface area contributed by atoms with Crippen molar-refractivity contribution in [1.82, 2.24) is 0 Å². The van der Waals surface area contributed by atoms with Crippen molar-refractivity contribution < 1.29 is 18.5 Å². The van der Waals surface area contributed by atoms with E-state index in [9.17, 15) is 9.46 Å². The van der Waals surface area contributed by atoms with Gasteiger partial charge in [0.15, 0.2) is 5.78 Å². The fourth-order valence-corrected chi connectivity index (χ4v) is 6.43. The van der Waals surface area contributed by atoms with Crippen molar-refractivity contribution >= 4 is 7.60 Å². The molecule has 0 spiro atoms. The second-order valence-corrected chi connectivity index (χ2v) is 12.8. The minimum absolute atomic E-state index is 0.342. The molecule has 0 radical (unpaired) electrons. The lowest BCUT2D eigenvalue weighted by Gasteiger charge is -2.35. The third-order valence-electron chi connectivity index (χ3n) is 6.50. The molecule has 4 nitrogen and oxygen atoms in total. The first kappa shape index (κ1) is 32.8. The Morgan fingerprint density at radius 1 is 0.697 bits per heavy atom. The zero-order chi connectivity index (χ0) is 24.8. The maximum absolute atomic E-state index is 12.6. The normalized spacial score (nSPS) is 15.2. The van der Waals surface area contributed by atoms with Gasteiger partial charge in [0.1, 0.15) is 0 Å². The van der Waals surface area contributed by atoms with E-state index in [0.717, 1.165) is 32.1 Å². The summed E-state index contributed by atoms with van der Waals surface area (Å²) in [5.41, 5.74) is 0. The maximum Gasteiger partial charge on any atom is 0.385 e. The highest BCUT2D eigenvalue weighted by atomic mass is 31.2. The molecule has 2 atom stereocenters. The fraction of sp³-hybridized carbons (Fsp3) is 0.929. The van der Waals surface area contributed by atoms with Crippen LogP contribution in [0.25, 0.3) is 0 Å². The smallest absolute Gasteiger partial charge is 0.320 e. The van der Waals surface area contributed by atoms with Gasteiger partial charge >= 0.3 is 7.60 Å². The number of allylic oxidation sites excluding steroid dienone is 2. The Morgan fingerprint density at radius 2 is 1.12 bits per heavy atom. The van der Waals surface area contributed by atoms with Crippen LogP contribution in [0.15, 0.2) is 12.2 Å². The van der Waals surface area contributed by atoms with Crippen LogP contribution in [0.5, 0.6) is 0 Å². The van der Waals surface area contributed by atoms with Crippen LogP contribution in [0.2, 0.25) is 0 Å². The zero-order valence-electron chi connectivity index (χ0n) is 23.0. The van der Waals surface area contributed by atoms with E-state index in [0.29, 0.717) is 17.5 Å². The van der Waals surface area contributed by atoms with Gasteiger partial charge in [0.25, 0.3) is 0 Å². The number of rotatable bonds is 24. The topological polar surface area (TPSA) is 46.5 Å². The van der Waals surface area contributed by atoms with Crippen molar-refractivity contribution in [3.8, 4) is 0 Å². The molecule has 0 aromatic heterocycles. The van der Waals surface area contributed by atoms with Crippen LogP contribution < -0.4 is 0 Å². The second kappa shape index (κ2) is 21.2. The summed E-state index contributed by atoms with van der Waals surface area (Å²) in [6, 6.07) is 0. The van der Waals surface area contributed by atoms with Crippen molar-refractivity contribution in [1.29, 1.82) is 0 Å². The summed E-state index contributed by atoms with van der Waals surface area (Å²) in [5.74, 6) is -0.342. The molecule has 0 aromatic rings. The third-order valence-corrected chi connectivity index (χ3v) is 8.76. The highest BCUT2D eigenvalue weighted by Crippen LogP contribution is 2.51. The third kappa shape index (κ3) is 19.8. The van der Waals surface area contributed by atoms with Crippen LogP contribution in [0.3, 0.4) is 0 Å². The maximum atomic E-state index is 12.6. The summed E-state index contributed by atoms with van der Waals surface area (Å²) < 4.78 is 18.6. The summed E-state index contributed by atoms with van der Waals surface area (Å²) in [6.45, 7) is 4.72. The van der Waals surface area contributed by atoms with E-state index in [-0.39, 0.29) is 5.78 Å². The molecule has 0 amide bonds. The van der Waals surface area contributed by atoms with Gasteiger partial charge < -0.3 is 13.9 Å². The SMILES string of the molecule is CCCCCCCCCCCCCCC=CCCCCCOP(=O)(O)C(CCC)[N+](C)(C)C. The van der Waals surface area contributed by atoms with E-state index in [4.69, 9.17) is 4.52 Å². The fourth-order valence-electron chi connectivity index (χ4n) is 4.41. The van der Waals surface area contributed by atoms with Crippen molar-refractivity contribution in [2.75, 3.05) is 27.7 Å². The summed E-state index contributed by atoms with van der Waals surface area (Å²) in [4.78, 5) is 10.4. The Bertz CT molecular complexity index is 502. The van der Waals surface area contributed by atoms with Gasteiger partial charge in [-0.25, -0.2) is 0 Å². The monoisotopic (exact) mass is 488 g/mol. The molecule has 0 aromatic carbocycles. The van der Waals surface area contributed by atoms with E-state index >= 15 is 0 Å². The van der Waals surface area contributed by atoms with Gasteiger partial charge in [0.05, 0.1) is 27.7 Å². The number of nitrogens with zero attached hydrogens (tertiary/aromatic N) is 1. The Kier molecular flexibility index (Phi) is 21.1. The van der Waals surface area contributed by atoms with E-state index in [1.807, 2.05) is 28.1 Å². The molecular weight excluding hydrogens is 429 g/mol. The standard InChI is InChI=1S/C28H58NO3P/c1-6-8-9-10-11-12-13-14-15-16-17-18-19-20-21-22-23-24-25-27-32-33(30,31)28(26-7-2)29(3,4)5/h20-21,28H,6-19,22-27H2,1-5H3/p+1. The number of quaternary nitrogens is 1. The molecule has 0 aliphatic rings. The van der Waals surface area contributed by atoms with Crippen molar-refractivity contribution in [3.05, 3.63) is 12.2 Å². The summed E-state index contributed by atoms with van der Waals surface area (Å²) in [7, 11) is 2.33. The van der Waals surface area contributed by atoms with E-state index in [2.05, 4.69) is 19.1 Å². The first-order chi connectivity index (χ1) is 15.8. The lowest BCUT2D eigenvalue weighted by atomic mass is 10.0. The lowest BCUT2D eigenvalue weighted by Crippen LogP contribution is -2.45. The molecule has 1 N–H and O–H groups in total. The molecule has 5 heteroatoms. The van der Waals surface area contributed by atoms with Crippen molar-refractivity contribution in [3.63, 3.8) is 0 Å². The molecule has 0 aliphatic heterocycles. The molecule has 0 saturated carbocycles. The highest BCUT2D eigenvalue weighted by Gasteiger charge is 2.41. The first-order valence-corrected chi connectivity index (χ1v) is 15.8. The average molecular weight is 489 g/mol. The van der Waals surface area contributed by atoms with E-state index in [1.165, 1.54) is 83.5 Å². The van der Waals surface area contributed by atoms with Gasteiger partial charge in [-0.1, -0.05) is 103 Å². The zero-order valence-corrected chi connectivity index (χ0v) is 23.9. The van der Waals surface area contributed by atoms with Gasteiger partial charge in [0.2, 0.25) is 0 Å². The van der Waals surface area contributed by atoms with Gasteiger partial charge in [-0.05, 0) is 38.5 Å². The first-order valence-electron chi connectivity index (χ1n) is 14.2. The van der Waals surface area contributed by atoms with Crippen molar-refractivity contribution in [2.45, 2.75) is 142 Å². The average Bonchev–Trinajstić information content (AvgIpc) is 2.75. The second-order valence-electron chi connectivity index (χ2n) is 10.8. The molecule has 0 saturated heterocycles. The molecule has 0 aliphatic carbocycles. The molecule has 2 unspecified atom stereocenters. The molecule has 198 valence electrons. The van der Waals surface area contributed by atoms with Gasteiger partial charge in [-0.15, -0.1) is 0 Å². The number of hydrogen-bond donors (Lipinski definition) is 1. The minimum atomic E-state index is -3.58. The largest absolute Gasteiger partial charge is 0.385 e. The Balaban J connectivity index is 3.54. The molecule has 0 fully saturated rings. The molecule has 0 bridgehead atoms. The summed E-state index contributed by atoms with van der Waals surface area (Å²) >= 11 is 0. The van der Waals surface area contributed by atoms with Crippen LogP contribution in [0, 0.1) is 0 Å². The van der Waals surface area contributed by atoms with E-state index < -0.39 is 7.60 Å². The van der Waals surface area contributed by atoms with Crippen LogP contribution >= 0.6 is 7.60 Å². The number of hydrogen-bond acceptors (Lipinski definition) is 2. The molecule has 33 heavy (non-hydrogen) atoms. The molecule has 0 heterocycles. The molecular formula is C28H59NO3P+. The predicted molar refractivity (Wildman–Crippen MR) is 146 cm³/mol. The van der Waals surface area contributed by atoms with Crippen LogP contribution in [-0.4, -0.2) is 42.9 Å². The van der Waals surface area contributed by atoms with Crippen LogP contribution in [0.4, 0.5) is 0 Å². The number of unbranched alkanes of at least 4 members (excludes halogenated alkanes) is 15. The quantitative estimate of drug-likeness (QED) is 0.0637. The summed E-state index contributed by atoms with van der Waals surface area (Å²) in [5, 5.41) is 0. The Morgan fingerprint density at radius 3 is 1.55 bits per heavy atom. The predicted octanol–water partition coefficient (Wildman–Crippen LogP) is 9.23. The lowest BCUT2D eigenvalue weighted by molar-refractivity contribution is -0.883. The van der Waals surface area contributed by atoms with E-state index in [1.54, 1.807) is 0 Å². The van der Waals surface area contributed by atoms with Gasteiger partial charge in [0, 0.05) is 6.42 Å². The van der Waals surface area contributed by atoms with Gasteiger partial charge in [-0.3, -0.25) is 4.57 Å². The molecule has 0 rings (SSSR count). The van der Waals surface area contributed by atoms with Gasteiger partial charge in [-0.2, -0.15) is 0 Å².